The van der Waals surface area contributed by atoms with Crippen LogP contribution in [0.3, 0.4) is 0 Å². The lowest BCUT2D eigenvalue weighted by molar-refractivity contribution is -0.135. The fraction of sp³-hybridized carbons (Fsp3) is 0.571. The molecule has 0 bridgehead atoms. The summed E-state index contributed by atoms with van der Waals surface area (Å²) in [5.41, 5.74) is 7.50. The summed E-state index contributed by atoms with van der Waals surface area (Å²) in [6.07, 6.45) is 4.77. The summed E-state index contributed by atoms with van der Waals surface area (Å²) in [6, 6.07) is 7.92. The molecule has 0 aliphatic carbocycles. The highest BCUT2D eigenvalue weighted by atomic mass is 35.5. The topological polar surface area (TPSA) is 95.7 Å². The number of aryl methyl sites for hydroxylation is 1. The minimum absolute atomic E-state index is 0. The predicted octanol–water partition coefficient (Wildman–Crippen LogP) is 1.62. The van der Waals surface area contributed by atoms with Crippen LogP contribution in [0.5, 0.6) is 0 Å². The van der Waals surface area contributed by atoms with Crippen LogP contribution in [-0.4, -0.2) is 54.8 Å². The molecule has 29 heavy (non-hydrogen) atoms. The van der Waals surface area contributed by atoms with Crippen molar-refractivity contribution in [3.63, 3.8) is 0 Å². The molecule has 0 spiro atoms. The lowest BCUT2D eigenvalue weighted by Crippen LogP contribution is -2.50. The number of benzene rings is 1. The molecule has 1 aromatic carbocycles. The van der Waals surface area contributed by atoms with E-state index in [4.69, 9.17) is 5.73 Å². The number of amides is 3. The van der Waals surface area contributed by atoms with Crippen LogP contribution in [0.2, 0.25) is 0 Å². The third-order valence-electron chi connectivity index (χ3n) is 5.59. The second-order valence-corrected chi connectivity index (χ2v) is 7.50. The first-order valence-electron chi connectivity index (χ1n) is 10.2. The lowest BCUT2D eigenvalue weighted by atomic mass is 10.00. The Morgan fingerprint density at radius 3 is 2.72 bits per heavy atom. The van der Waals surface area contributed by atoms with Gasteiger partial charge in [-0.05, 0) is 37.3 Å². The van der Waals surface area contributed by atoms with Gasteiger partial charge in [-0.2, -0.15) is 0 Å². The van der Waals surface area contributed by atoms with E-state index in [1.807, 2.05) is 29.2 Å². The molecule has 2 heterocycles. The first kappa shape index (κ1) is 23.2. The highest BCUT2D eigenvalue weighted by Crippen LogP contribution is 2.28. The number of anilines is 1. The van der Waals surface area contributed by atoms with Gasteiger partial charge in [-0.25, -0.2) is 0 Å². The summed E-state index contributed by atoms with van der Waals surface area (Å²) >= 11 is 0. The molecule has 1 unspecified atom stereocenters. The molecule has 0 radical (unpaired) electrons. The van der Waals surface area contributed by atoms with Crippen LogP contribution < -0.4 is 16.0 Å². The maximum Gasteiger partial charge on any atom is 0.227 e. The molecule has 1 fully saturated rings. The van der Waals surface area contributed by atoms with Crippen LogP contribution in [0.4, 0.5) is 5.69 Å². The van der Waals surface area contributed by atoms with E-state index in [-0.39, 0.29) is 36.2 Å². The Morgan fingerprint density at radius 1 is 1.14 bits per heavy atom. The van der Waals surface area contributed by atoms with Crippen molar-refractivity contribution in [3.8, 4) is 0 Å². The van der Waals surface area contributed by atoms with Gasteiger partial charge in [0, 0.05) is 57.2 Å². The van der Waals surface area contributed by atoms with E-state index < -0.39 is 0 Å². The Kier molecular flexibility index (Phi) is 8.92. The van der Waals surface area contributed by atoms with Crippen molar-refractivity contribution in [2.45, 2.75) is 51.0 Å². The van der Waals surface area contributed by atoms with Crippen molar-refractivity contribution < 1.29 is 14.4 Å². The number of nitrogens with zero attached hydrogens (tertiary/aromatic N) is 2. The van der Waals surface area contributed by atoms with Gasteiger partial charge in [0.1, 0.15) is 0 Å². The van der Waals surface area contributed by atoms with Crippen molar-refractivity contribution in [3.05, 3.63) is 29.8 Å². The SMILES string of the molecule is Cl.NCCC(=O)NCC1CCCCN1C(=O)CCN1C(=O)CCc2ccccc21. The summed E-state index contributed by atoms with van der Waals surface area (Å²) in [5, 5.41) is 2.89. The zero-order valence-corrected chi connectivity index (χ0v) is 17.6. The Bertz CT molecular complexity index is 728. The van der Waals surface area contributed by atoms with Crippen molar-refractivity contribution >= 4 is 35.8 Å². The summed E-state index contributed by atoms with van der Waals surface area (Å²) in [5.74, 6) is 0.0559. The number of para-hydroxylation sites is 1. The molecule has 7 nitrogen and oxygen atoms in total. The highest BCUT2D eigenvalue weighted by molar-refractivity contribution is 5.97. The number of piperidine rings is 1. The fourth-order valence-corrected chi connectivity index (χ4v) is 4.08. The number of nitrogens with one attached hydrogen (secondary N) is 1. The number of nitrogens with two attached hydrogens (primary N) is 1. The molecule has 3 amide bonds. The smallest absolute Gasteiger partial charge is 0.227 e. The fourth-order valence-electron chi connectivity index (χ4n) is 4.08. The van der Waals surface area contributed by atoms with Gasteiger partial charge < -0.3 is 20.9 Å². The van der Waals surface area contributed by atoms with Gasteiger partial charge in [-0.1, -0.05) is 18.2 Å². The summed E-state index contributed by atoms with van der Waals surface area (Å²) in [7, 11) is 0. The zero-order chi connectivity index (χ0) is 19.9. The Morgan fingerprint density at radius 2 is 1.93 bits per heavy atom. The normalized spacial score (nSPS) is 18.7. The molecule has 8 heteroatoms. The lowest BCUT2D eigenvalue weighted by Gasteiger charge is -2.37. The Balaban J connectivity index is 0.00000300. The van der Waals surface area contributed by atoms with E-state index in [9.17, 15) is 14.4 Å². The van der Waals surface area contributed by atoms with E-state index >= 15 is 0 Å². The number of carbonyl (C=O) groups is 3. The number of rotatable bonds is 7. The van der Waals surface area contributed by atoms with E-state index in [0.29, 0.717) is 45.4 Å². The standard InChI is InChI=1S/C21H30N4O3.ClH/c22-12-10-19(26)23-15-17-6-3-4-13-24(17)21(28)11-14-25-18-7-2-1-5-16(18)8-9-20(25)27;/h1-2,5,7,17H,3-4,6,8-15,22H2,(H,23,26);1H. The minimum Gasteiger partial charge on any atom is -0.354 e. The monoisotopic (exact) mass is 422 g/mol. The second kappa shape index (κ2) is 11.2. The molecule has 3 N–H and O–H groups in total. The van der Waals surface area contributed by atoms with E-state index in [1.165, 1.54) is 0 Å². The van der Waals surface area contributed by atoms with Gasteiger partial charge in [0.15, 0.2) is 0 Å². The highest BCUT2D eigenvalue weighted by Gasteiger charge is 2.29. The van der Waals surface area contributed by atoms with Crippen LogP contribution in [0, 0.1) is 0 Å². The molecule has 0 aromatic heterocycles. The molecule has 3 rings (SSSR count). The first-order valence-corrected chi connectivity index (χ1v) is 10.2. The molecule has 0 saturated carbocycles. The molecular formula is C21H31ClN4O3. The number of hydrogen-bond acceptors (Lipinski definition) is 4. The summed E-state index contributed by atoms with van der Waals surface area (Å²) < 4.78 is 0. The molecule has 160 valence electrons. The average molecular weight is 423 g/mol. The van der Waals surface area contributed by atoms with Gasteiger partial charge in [0.05, 0.1) is 0 Å². The molecule has 1 atom stereocenters. The van der Waals surface area contributed by atoms with Gasteiger partial charge in [0.25, 0.3) is 0 Å². The Labute approximate surface area is 178 Å². The van der Waals surface area contributed by atoms with Crippen molar-refractivity contribution in [2.75, 3.05) is 31.1 Å². The third kappa shape index (κ3) is 5.93. The van der Waals surface area contributed by atoms with Gasteiger partial charge in [0.2, 0.25) is 17.7 Å². The van der Waals surface area contributed by atoms with Crippen LogP contribution in [0.25, 0.3) is 0 Å². The van der Waals surface area contributed by atoms with Crippen LogP contribution in [0.15, 0.2) is 24.3 Å². The Hall–Kier alpha value is -2.12. The molecular weight excluding hydrogens is 392 g/mol. The van der Waals surface area contributed by atoms with Crippen molar-refractivity contribution in [2.24, 2.45) is 5.73 Å². The first-order chi connectivity index (χ1) is 13.6. The number of likely N-dealkylation sites (tertiary alicyclic amines) is 1. The average Bonchev–Trinajstić information content (AvgIpc) is 2.72. The van der Waals surface area contributed by atoms with E-state index in [0.717, 1.165) is 36.9 Å². The number of fused-ring (bicyclic) bond motifs is 1. The van der Waals surface area contributed by atoms with Crippen LogP contribution in [-0.2, 0) is 20.8 Å². The summed E-state index contributed by atoms with van der Waals surface area (Å²) in [4.78, 5) is 40.6. The third-order valence-corrected chi connectivity index (χ3v) is 5.59. The second-order valence-electron chi connectivity index (χ2n) is 7.50. The largest absolute Gasteiger partial charge is 0.354 e. The molecule has 1 aromatic rings. The maximum absolute atomic E-state index is 12.9. The predicted molar refractivity (Wildman–Crippen MR) is 115 cm³/mol. The molecule has 2 aliphatic heterocycles. The van der Waals surface area contributed by atoms with Crippen molar-refractivity contribution in [1.29, 1.82) is 0 Å². The zero-order valence-electron chi connectivity index (χ0n) is 16.8. The summed E-state index contributed by atoms with van der Waals surface area (Å²) in [6.45, 7) is 1.90. The van der Waals surface area contributed by atoms with Crippen LogP contribution >= 0.6 is 12.4 Å². The van der Waals surface area contributed by atoms with E-state index in [1.54, 1.807) is 4.90 Å². The minimum atomic E-state index is -0.0732. The van der Waals surface area contributed by atoms with Gasteiger partial charge in [-0.15, -0.1) is 12.4 Å². The number of carbonyl (C=O) groups excluding carboxylic acids is 3. The molecule has 2 aliphatic rings. The number of halogens is 1. The molecule has 1 saturated heterocycles. The van der Waals surface area contributed by atoms with Crippen molar-refractivity contribution in [1.82, 2.24) is 10.2 Å². The van der Waals surface area contributed by atoms with Crippen LogP contribution in [0.1, 0.15) is 44.1 Å². The van der Waals surface area contributed by atoms with Gasteiger partial charge in [-0.3, -0.25) is 14.4 Å². The van der Waals surface area contributed by atoms with Gasteiger partial charge >= 0.3 is 0 Å². The quantitative estimate of drug-likeness (QED) is 0.697. The maximum atomic E-state index is 12.9. The van der Waals surface area contributed by atoms with E-state index in [2.05, 4.69) is 5.32 Å². The number of hydrogen-bond donors (Lipinski definition) is 2.